The lowest BCUT2D eigenvalue weighted by Crippen LogP contribution is -2.49. The Morgan fingerprint density at radius 1 is 0.941 bits per heavy atom. The Morgan fingerprint density at radius 3 is 2.26 bits per heavy atom. The first-order valence-electron chi connectivity index (χ1n) is 10.8. The maximum atomic E-state index is 13.3. The number of amides is 1. The summed E-state index contributed by atoms with van der Waals surface area (Å²) >= 11 is 6.34. The molecule has 0 N–H and O–H groups in total. The molecule has 1 fully saturated rings. The number of hydrogen-bond acceptors (Lipinski definition) is 5. The molecule has 0 bridgehead atoms. The van der Waals surface area contributed by atoms with Crippen LogP contribution in [0.1, 0.15) is 10.4 Å². The predicted molar refractivity (Wildman–Crippen MR) is 135 cm³/mol. The van der Waals surface area contributed by atoms with Gasteiger partial charge in [-0.15, -0.1) is 0 Å². The zero-order valence-electron chi connectivity index (χ0n) is 19.0. The maximum absolute atomic E-state index is 13.3. The van der Waals surface area contributed by atoms with Gasteiger partial charge in [-0.2, -0.15) is 0 Å². The monoisotopic (exact) mass is 499 g/mol. The third-order valence-corrected chi connectivity index (χ3v) is 8.05. The van der Waals surface area contributed by atoms with E-state index in [4.69, 9.17) is 16.3 Å². The number of rotatable bonds is 6. The molecule has 0 atom stereocenters. The van der Waals surface area contributed by atoms with Gasteiger partial charge in [0, 0.05) is 33.2 Å². The number of methoxy groups -OCH3 is 1. The maximum Gasteiger partial charge on any atom is 0.264 e. The van der Waals surface area contributed by atoms with E-state index < -0.39 is 10.0 Å². The third kappa shape index (κ3) is 4.69. The van der Waals surface area contributed by atoms with Crippen LogP contribution in [0.3, 0.4) is 0 Å². The molecule has 9 heteroatoms. The largest absolute Gasteiger partial charge is 0.495 e. The number of benzene rings is 3. The quantitative estimate of drug-likeness (QED) is 0.510. The van der Waals surface area contributed by atoms with Gasteiger partial charge in [0.05, 0.1) is 34.0 Å². The number of para-hydroxylation sites is 3. The van der Waals surface area contributed by atoms with Crippen LogP contribution in [0.15, 0.2) is 77.7 Å². The highest BCUT2D eigenvalue weighted by atomic mass is 35.5. The van der Waals surface area contributed by atoms with Gasteiger partial charge < -0.3 is 14.5 Å². The SMILES string of the molecule is COc1ccccc1N1CCN(C(=O)c2cc(S(=O)(=O)N(C)c3ccccc3)ccc2Cl)CC1. The van der Waals surface area contributed by atoms with Gasteiger partial charge in [0.25, 0.3) is 15.9 Å². The minimum atomic E-state index is -3.87. The van der Waals surface area contributed by atoms with Crippen LogP contribution in [0.4, 0.5) is 11.4 Å². The molecule has 1 saturated heterocycles. The van der Waals surface area contributed by atoms with Crippen molar-refractivity contribution in [1.29, 1.82) is 0 Å². The summed E-state index contributed by atoms with van der Waals surface area (Å²) in [5.41, 5.74) is 1.68. The molecule has 178 valence electrons. The second-order valence-electron chi connectivity index (χ2n) is 7.90. The second-order valence-corrected chi connectivity index (χ2v) is 10.3. The number of carbonyl (C=O) groups excluding carboxylic acids is 1. The first-order valence-corrected chi connectivity index (χ1v) is 12.7. The van der Waals surface area contributed by atoms with Crippen molar-refractivity contribution in [3.63, 3.8) is 0 Å². The minimum Gasteiger partial charge on any atom is -0.495 e. The Morgan fingerprint density at radius 2 is 1.59 bits per heavy atom. The highest BCUT2D eigenvalue weighted by molar-refractivity contribution is 7.92. The Balaban J connectivity index is 1.53. The lowest BCUT2D eigenvalue weighted by Gasteiger charge is -2.36. The molecule has 1 amide bonds. The fourth-order valence-electron chi connectivity index (χ4n) is 3.98. The van der Waals surface area contributed by atoms with Gasteiger partial charge in [-0.25, -0.2) is 8.42 Å². The number of piperazine rings is 1. The second kappa shape index (κ2) is 9.95. The van der Waals surface area contributed by atoms with E-state index in [1.165, 1.54) is 29.6 Å². The molecule has 4 rings (SSSR count). The van der Waals surface area contributed by atoms with Crippen LogP contribution >= 0.6 is 11.6 Å². The van der Waals surface area contributed by atoms with Crippen LogP contribution in [0.25, 0.3) is 0 Å². The summed E-state index contributed by atoms with van der Waals surface area (Å²) in [6, 6.07) is 20.8. The van der Waals surface area contributed by atoms with Crippen LogP contribution < -0.4 is 13.9 Å². The van der Waals surface area contributed by atoms with E-state index >= 15 is 0 Å². The molecule has 0 spiro atoms. The molecule has 1 heterocycles. The normalized spacial score (nSPS) is 14.1. The van der Waals surface area contributed by atoms with Crippen molar-refractivity contribution in [2.45, 2.75) is 4.90 Å². The lowest BCUT2D eigenvalue weighted by molar-refractivity contribution is 0.0746. The van der Waals surface area contributed by atoms with E-state index in [1.54, 1.807) is 36.3 Å². The van der Waals surface area contributed by atoms with Gasteiger partial charge in [-0.3, -0.25) is 9.10 Å². The Labute approximate surface area is 205 Å². The van der Waals surface area contributed by atoms with E-state index in [2.05, 4.69) is 4.90 Å². The molecular weight excluding hydrogens is 474 g/mol. The van der Waals surface area contributed by atoms with Crippen LogP contribution in [0.5, 0.6) is 5.75 Å². The van der Waals surface area contributed by atoms with Gasteiger partial charge >= 0.3 is 0 Å². The average Bonchev–Trinajstić information content (AvgIpc) is 2.88. The lowest BCUT2D eigenvalue weighted by atomic mass is 10.1. The minimum absolute atomic E-state index is 0.0132. The fraction of sp³-hybridized carbons (Fsp3) is 0.240. The van der Waals surface area contributed by atoms with Gasteiger partial charge in [0.15, 0.2) is 0 Å². The molecule has 7 nitrogen and oxygen atoms in total. The summed E-state index contributed by atoms with van der Waals surface area (Å²) in [5.74, 6) is 0.495. The van der Waals surface area contributed by atoms with Crippen molar-refractivity contribution in [3.8, 4) is 5.75 Å². The molecular formula is C25H26ClN3O4S. The van der Waals surface area contributed by atoms with E-state index in [-0.39, 0.29) is 21.4 Å². The van der Waals surface area contributed by atoms with Gasteiger partial charge in [-0.1, -0.05) is 41.9 Å². The van der Waals surface area contributed by atoms with Crippen molar-refractivity contribution < 1.29 is 17.9 Å². The van der Waals surface area contributed by atoms with Crippen molar-refractivity contribution in [2.75, 3.05) is 49.5 Å². The van der Waals surface area contributed by atoms with Crippen LogP contribution in [-0.4, -0.2) is 59.6 Å². The molecule has 1 aliphatic rings. The summed E-state index contributed by atoms with van der Waals surface area (Å²) < 4.78 is 33.0. The number of sulfonamides is 1. The fourth-order valence-corrected chi connectivity index (χ4v) is 5.40. The zero-order valence-corrected chi connectivity index (χ0v) is 20.6. The molecule has 0 radical (unpaired) electrons. The first-order chi connectivity index (χ1) is 16.3. The highest BCUT2D eigenvalue weighted by Crippen LogP contribution is 2.30. The smallest absolute Gasteiger partial charge is 0.264 e. The van der Waals surface area contributed by atoms with E-state index in [1.807, 2.05) is 30.3 Å². The standard InChI is InChI=1S/C25H26ClN3O4S/c1-27(19-8-4-3-5-9-19)34(31,32)20-12-13-22(26)21(18-20)25(30)29-16-14-28(15-17-29)23-10-6-7-11-24(23)33-2/h3-13,18H,14-17H2,1-2H3. The van der Waals surface area contributed by atoms with Crippen molar-refractivity contribution in [3.05, 3.63) is 83.4 Å². The number of anilines is 2. The van der Waals surface area contributed by atoms with Crippen LogP contribution in [0, 0.1) is 0 Å². The molecule has 3 aromatic carbocycles. The van der Waals surface area contributed by atoms with Crippen LogP contribution in [-0.2, 0) is 10.0 Å². The van der Waals surface area contributed by atoms with E-state index in [0.29, 0.717) is 31.9 Å². The van der Waals surface area contributed by atoms with Gasteiger partial charge in [-0.05, 0) is 42.5 Å². The zero-order chi connectivity index (χ0) is 24.3. The topological polar surface area (TPSA) is 70.2 Å². The molecule has 34 heavy (non-hydrogen) atoms. The molecule has 0 unspecified atom stereocenters. The molecule has 3 aromatic rings. The number of carbonyl (C=O) groups is 1. The highest BCUT2D eigenvalue weighted by Gasteiger charge is 2.28. The van der Waals surface area contributed by atoms with Crippen molar-refractivity contribution in [2.24, 2.45) is 0 Å². The number of halogens is 1. The predicted octanol–water partition coefficient (Wildman–Crippen LogP) is 4.14. The summed E-state index contributed by atoms with van der Waals surface area (Å²) in [6.45, 7) is 2.21. The Hall–Kier alpha value is -3.23. The summed E-state index contributed by atoms with van der Waals surface area (Å²) in [4.78, 5) is 17.2. The molecule has 0 saturated carbocycles. The summed E-state index contributed by atoms with van der Waals surface area (Å²) in [7, 11) is -0.746. The number of ether oxygens (including phenoxy) is 1. The Kier molecular flexibility index (Phi) is 7.00. The van der Waals surface area contributed by atoms with Crippen LogP contribution in [0.2, 0.25) is 5.02 Å². The third-order valence-electron chi connectivity index (χ3n) is 5.94. The molecule has 1 aliphatic heterocycles. The number of nitrogens with zero attached hydrogens (tertiary/aromatic N) is 3. The van der Waals surface area contributed by atoms with Crippen molar-refractivity contribution in [1.82, 2.24) is 4.90 Å². The molecule has 0 aromatic heterocycles. The van der Waals surface area contributed by atoms with Crippen molar-refractivity contribution >= 4 is 38.9 Å². The van der Waals surface area contributed by atoms with Gasteiger partial charge in [0.1, 0.15) is 5.75 Å². The van der Waals surface area contributed by atoms with E-state index in [9.17, 15) is 13.2 Å². The van der Waals surface area contributed by atoms with E-state index in [0.717, 1.165) is 11.4 Å². The first kappa shape index (κ1) is 23.9. The average molecular weight is 500 g/mol. The summed E-state index contributed by atoms with van der Waals surface area (Å²) in [5, 5.41) is 0.221. The molecule has 0 aliphatic carbocycles. The van der Waals surface area contributed by atoms with Gasteiger partial charge in [0.2, 0.25) is 0 Å². The summed E-state index contributed by atoms with van der Waals surface area (Å²) in [6.07, 6.45) is 0. The Bertz CT molecular complexity index is 1280. The number of hydrogen-bond donors (Lipinski definition) is 0.